The second kappa shape index (κ2) is 7.82. The summed E-state index contributed by atoms with van der Waals surface area (Å²) in [5.74, 6) is -0.779. The summed E-state index contributed by atoms with van der Waals surface area (Å²) in [6, 6.07) is 20.1. The van der Waals surface area contributed by atoms with Crippen molar-refractivity contribution in [3.05, 3.63) is 90.2 Å². The first-order chi connectivity index (χ1) is 13.3. The summed E-state index contributed by atoms with van der Waals surface area (Å²) < 4.78 is 40.0. The van der Waals surface area contributed by atoms with Crippen LogP contribution in [-0.2, 0) is 10.0 Å². The van der Waals surface area contributed by atoms with Crippen molar-refractivity contribution in [2.45, 2.75) is 4.90 Å². The number of carbonyl (C=O) groups excluding carboxylic acids is 1. The van der Waals surface area contributed by atoms with Crippen LogP contribution in [0.2, 0.25) is 0 Å². The quantitative estimate of drug-likeness (QED) is 0.654. The predicted octanol–water partition coefficient (Wildman–Crippen LogP) is 3.93. The Morgan fingerprint density at radius 2 is 1.46 bits per heavy atom. The van der Waals surface area contributed by atoms with E-state index in [2.05, 4.69) is 0 Å². The Morgan fingerprint density at radius 3 is 2.11 bits per heavy atom. The Labute approximate surface area is 163 Å². The molecule has 0 aliphatic carbocycles. The lowest BCUT2D eigenvalue weighted by Crippen LogP contribution is -2.28. The molecule has 0 aliphatic rings. The van der Waals surface area contributed by atoms with Gasteiger partial charge in [-0.1, -0.05) is 24.3 Å². The summed E-state index contributed by atoms with van der Waals surface area (Å²) in [4.78, 5) is 14.2. The van der Waals surface area contributed by atoms with Crippen LogP contribution in [0.1, 0.15) is 10.4 Å². The van der Waals surface area contributed by atoms with Crippen molar-refractivity contribution in [3.8, 4) is 0 Å². The number of benzene rings is 3. The summed E-state index contributed by atoms with van der Waals surface area (Å²) in [5, 5.41) is 0. The van der Waals surface area contributed by atoms with Crippen LogP contribution >= 0.6 is 0 Å². The average Bonchev–Trinajstić information content (AvgIpc) is 2.73. The molecule has 1 amide bonds. The van der Waals surface area contributed by atoms with Gasteiger partial charge in [0.05, 0.1) is 10.6 Å². The summed E-state index contributed by atoms with van der Waals surface area (Å²) in [6.45, 7) is 0. The molecule has 0 N–H and O–H groups in total. The lowest BCUT2D eigenvalue weighted by molar-refractivity contribution is 0.0993. The number of hydrogen-bond acceptors (Lipinski definition) is 3. The smallest absolute Gasteiger partial charge is 0.264 e. The number of sulfonamides is 1. The molecular formula is C21H19FN2O3S. The number of anilines is 2. The minimum atomic E-state index is -3.91. The Bertz CT molecular complexity index is 1080. The number of hydrogen-bond donors (Lipinski definition) is 0. The Balaban J connectivity index is 1.91. The number of nitrogens with zero attached hydrogens (tertiary/aromatic N) is 2. The van der Waals surface area contributed by atoms with Crippen molar-refractivity contribution >= 4 is 27.3 Å². The third-order valence-electron chi connectivity index (χ3n) is 4.38. The molecule has 0 spiro atoms. The normalized spacial score (nSPS) is 11.1. The molecule has 3 aromatic carbocycles. The molecular weight excluding hydrogens is 379 g/mol. The lowest BCUT2D eigenvalue weighted by atomic mass is 10.2. The molecule has 3 aromatic rings. The molecule has 0 aromatic heterocycles. The summed E-state index contributed by atoms with van der Waals surface area (Å²) in [6.07, 6.45) is 0. The van der Waals surface area contributed by atoms with E-state index in [1.807, 2.05) is 18.2 Å². The van der Waals surface area contributed by atoms with Crippen molar-refractivity contribution < 1.29 is 17.6 Å². The number of carbonyl (C=O) groups is 1. The van der Waals surface area contributed by atoms with Gasteiger partial charge >= 0.3 is 0 Å². The van der Waals surface area contributed by atoms with Crippen LogP contribution in [0.5, 0.6) is 0 Å². The fourth-order valence-electron chi connectivity index (χ4n) is 2.70. The van der Waals surface area contributed by atoms with E-state index in [-0.39, 0.29) is 16.4 Å². The van der Waals surface area contributed by atoms with Gasteiger partial charge in [-0.2, -0.15) is 0 Å². The molecule has 0 radical (unpaired) electrons. The van der Waals surface area contributed by atoms with E-state index in [4.69, 9.17) is 0 Å². The molecule has 0 fully saturated rings. The first-order valence-electron chi connectivity index (χ1n) is 8.48. The summed E-state index contributed by atoms with van der Waals surface area (Å²) >= 11 is 0. The molecule has 5 nitrogen and oxygen atoms in total. The third-order valence-corrected chi connectivity index (χ3v) is 6.16. The van der Waals surface area contributed by atoms with Gasteiger partial charge in [0, 0.05) is 25.3 Å². The van der Waals surface area contributed by atoms with Crippen LogP contribution in [0.25, 0.3) is 0 Å². The molecule has 0 heterocycles. The van der Waals surface area contributed by atoms with Gasteiger partial charge < -0.3 is 4.90 Å². The van der Waals surface area contributed by atoms with E-state index in [0.717, 1.165) is 4.31 Å². The number of halogens is 1. The fourth-order valence-corrected chi connectivity index (χ4v) is 3.94. The van der Waals surface area contributed by atoms with Gasteiger partial charge in [-0.3, -0.25) is 9.10 Å². The van der Waals surface area contributed by atoms with E-state index in [0.29, 0.717) is 11.4 Å². The number of rotatable bonds is 5. The summed E-state index contributed by atoms with van der Waals surface area (Å²) in [7, 11) is -0.901. The van der Waals surface area contributed by atoms with Crippen LogP contribution in [-0.4, -0.2) is 28.4 Å². The van der Waals surface area contributed by atoms with Crippen LogP contribution in [0.4, 0.5) is 15.8 Å². The largest absolute Gasteiger partial charge is 0.311 e. The monoisotopic (exact) mass is 398 g/mol. The maximum Gasteiger partial charge on any atom is 0.264 e. The van der Waals surface area contributed by atoms with Gasteiger partial charge in [0.15, 0.2) is 0 Å². The van der Waals surface area contributed by atoms with Crippen molar-refractivity contribution in [1.29, 1.82) is 0 Å². The maximum atomic E-state index is 13.1. The minimum absolute atomic E-state index is 0.0216. The molecule has 0 aliphatic heterocycles. The van der Waals surface area contributed by atoms with E-state index >= 15 is 0 Å². The summed E-state index contributed by atoms with van der Waals surface area (Å²) in [5.41, 5.74) is 1.27. The molecule has 0 atom stereocenters. The van der Waals surface area contributed by atoms with Gasteiger partial charge in [-0.15, -0.1) is 0 Å². The van der Waals surface area contributed by atoms with Gasteiger partial charge in [0.1, 0.15) is 5.82 Å². The second-order valence-electron chi connectivity index (χ2n) is 6.18. The van der Waals surface area contributed by atoms with Gasteiger partial charge in [-0.05, 0) is 54.6 Å². The third kappa shape index (κ3) is 3.89. The van der Waals surface area contributed by atoms with Gasteiger partial charge in [0.2, 0.25) is 0 Å². The zero-order valence-corrected chi connectivity index (χ0v) is 16.2. The highest BCUT2D eigenvalue weighted by atomic mass is 32.2. The van der Waals surface area contributed by atoms with Crippen molar-refractivity contribution in [1.82, 2.24) is 0 Å². The number of para-hydroxylation sites is 1. The molecule has 0 saturated heterocycles. The fraction of sp³-hybridized carbons (Fsp3) is 0.0952. The van der Waals surface area contributed by atoms with E-state index in [9.17, 15) is 17.6 Å². The first-order valence-corrected chi connectivity index (χ1v) is 9.92. The second-order valence-corrected chi connectivity index (χ2v) is 8.15. The van der Waals surface area contributed by atoms with E-state index in [1.54, 1.807) is 25.2 Å². The van der Waals surface area contributed by atoms with Crippen LogP contribution in [0, 0.1) is 5.82 Å². The molecule has 7 heteroatoms. The molecule has 28 heavy (non-hydrogen) atoms. The SMILES string of the molecule is CN(C(=O)c1cccc(S(=O)(=O)N(C)c2ccc(F)cc2)c1)c1ccccc1. The van der Waals surface area contributed by atoms with Crippen LogP contribution in [0.3, 0.4) is 0 Å². The van der Waals surface area contributed by atoms with Gasteiger partial charge in [-0.25, -0.2) is 12.8 Å². The first kappa shape index (κ1) is 19.6. The highest BCUT2D eigenvalue weighted by molar-refractivity contribution is 7.92. The van der Waals surface area contributed by atoms with Crippen molar-refractivity contribution in [3.63, 3.8) is 0 Å². The van der Waals surface area contributed by atoms with Crippen LogP contribution in [0.15, 0.2) is 83.8 Å². The van der Waals surface area contributed by atoms with E-state index < -0.39 is 15.8 Å². The lowest BCUT2D eigenvalue weighted by Gasteiger charge is -2.21. The number of amides is 1. The highest BCUT2D eigenvalue weighted by Crippen LogP contribution is 2.24. The molecule has 0 bridgehead atoms. The predicted molar refractivity (Wildman–Crippen MR) is 108 cm³/mol. The molecule has 0 saturated carbocycles. The zero-order chi connectivity index (χ0) is 20.3. The van der Waals surface area contributed by atoms with Crippen LogP contribution < -0.4 is 9.21 Å². The average molecular weight is 398 g/mol. The molecule has 0 unspecified atom stereocenters. The zero-order valence-electron chi connectivity index (χ0n) is 15.4. The van der Waals surface area contributed by atoms with Gasteiger partial charge in [0.25, 0.3) is 15.9 Å². The minimum Gasteiger partial charge on any atom is -0.311 e. The molecule has 3 rings (SSSR count). The maximum absolute atomic E-state index is 13.1. The Hall–Kier alpha value is -3.19. The topological polar surface area (TPSA) is 57.7 Å². The standard InChI is InChI=1S/C21H19FN2O3S/c1-23(18-8-4-3-5-9-18)21(25)16-7-6-10-20(15-16)28(26,27)24(2)19-13-11-17(22)12-14-19/h3-15H,1-2H3. The molecule has 144 valence electrons. The van der Waals surface area contributed by atoms with Crippen molar-refractivity contribution in [2.24, 2.45) is 0 Å². The Kier molecular flexibility index (Phi) is 5.46. The van der Waals surface area contributed by atoms with E-state index in [1.165, 1.54) is 54.4 Å². The highest BCUT2D eigenvalue weighted by Gasteiger charge is 2.23. The Morgan fingerprint density at radius 1 is 0.821 bits per heavy atom. The van der Waals surface area contributed by atoms with Crippen molar-refractivity contribution in [2.75, 3.05) is 23.3 Å².